The maximum atomic E-state index is 12.6. The first-order chi connectivity index (χ1) is 17.5. The van der Waals surface area contributed by atoms with E-state index in [1.54, 1.807) is 14.2 Å². The third kappa shape index (κ3) is 6.19. The molecule has 1 N–H and O–H groups in total. The maximum Gasteiger partial charge on any atom is 0.230 e. The number of thioether (sulfide) groups is 1. The number of amides is 1. The maximum absolute atomic E-state index is 12.6. The van der Waals surface area contributed by atoms with Gasteiger partial charge >= 0.3 is 0 Å². The molecular weight excluding hydrogens is 496 g/mol. The molecule has 0 unspecified atom stereocenters. The molecule has 0 spiro atoms. The zero-order valence-corrected chi connectivity index (χ0v) is 21.9. The highest BCUT2D eigenvalue weighted by Gasteiger charge is 2.17. The zero-order chi connectivity index (χ0) is 25.5. The fraction of sp³-hybridized carbons (Fsp3) is 0.222. The molecule has 4 rings (SSSR count). The highest BCUT2D eigenvalue weighted by Crippen LogP contribution is 2.30. The number of rotatable bonds is 10. The second-order valence-electron chi connectivity index (χ2n) is 8.07. The van der Waals surface area contributed by atoms with Gasteiger partial charge in [0.2, 0.25) is 5.91 Å². The van der Waals surface area contributed by atoms with Gasteiger partial charge in [0, 0.05) is 17.1 Å². The summed E-state index contributed by atoms with van der Waals surface area (Å²) in [6, 6.07) is 21.3. The summed E-state index contributed by atoms with van der Waals surface area (Å²) in [4.78, 5) is 12.6. The van der Waals surface area contributed by atoms with E-state index in [1.807, 2.05) is 78.2 Å². The van der Waals surface area contributed by atoms with E-state index >= 15 is 0 Å². The zero-order valence-electron chi connectivity index (χ0n) is 20.3. The summed E-state index contributed by atoms with van der Waals surface area (Å²) in [6.45, 7) is 2.54. The van der Waals surface area contributed by atoms with Crippen molar-refractivity contribution in [1.82, 2.24) is 20.1 Å². The van der Waals surface area contributed by atoms with E-state index in [2.05, 4.69) is 15.5 Å². The molecule has 36 heavy (non-hydrogen) atoms. The SMILES string of the molecule is COc1ccc(CCNC(=O)CSc2nnc(-c3ccc(C)cc3)n2-c2cccc(Cl)c2)cc1OC. The van der Waals surface area contributed by atoms with E-state index in [9.17, 15) is 4.79 Å². The number of halogens is 1. The van der Waals surface area contributed by atoms with E-state index in [0.717, 1.165) is 22.4 Å². The standard InChI is InChI=1S/C27H27ClN4O3S/c1-18-7-10-20(11-8-18)26-30-31-27(32(26)22-6-4-5-21(28)16-22)36-17-25(33)29-14-13-19-9-12-23(34-2)24(15-19)35-3/h4-12,15-16H,13-14,17H2,1-3H3,(H,29,33). The molecule has 0 saturated heterocycles. The second-order valence-corrected chi connectivity index (χ2v) is 9.44. The van der Waals surface area contributed by atoms with Crippen molar-refractivity contribution in [3.8, 4) is 28.6 Å². The Morgan fingerprint density at radius 2 is 1.78 bits per heavy atom. The second kappa shape index (κ2) is 12.0. The molecule has 0 aliphatic rings. The van der Waals surface area contributed by atoms with Gasteiger partial charge in [0.05, 0.1) is 25.7 Å². The van der Waals surface area contributed by atoms with Crippen LogP contribution in [0.3, 0.4) is 0 Å². The van der Waals surface area contributed by atoms with Gasteiger partial charge in [-0.1, -0.05) is 65.3 Å². The van der Waals surface area contributed by atoms with E-state index in [0.29, 0.717) is 40.5 Å². The van der Waals surface area contributed by atoms with Crippen molar-refractivity contribution in [2.24, 2.45) is 0 Å². The average Bonchev–Trinajstić information content (AvgIpc) is 3.31. The summed E-state index contributed by atoms with van der Waals surface area (Å²) in [5.41, 5.74) is 3.97. The summed E-state index contributed by atoms with van der Waals surface area (Å²) in [6.07, 6.45) is 0.674. The number of carbonyl (C=O) groups excluding carboxylic acids is 1. The van der Waals surface area contributed by atoms with Crippen molar-refractivity contribution in [3.63, 3.8) is 0 Å². The first-order valence-electron chi connectivity index (χ1n) is 11.4. The van der Waals surface area contributed by atoms with Crippen LogP contribution < -0.4 is 14.8 Å². The molecule has 1 heterocycles. The molecule has 9 heteroatoms. The summed E-state index contributed by atoms with van der Waals surface area (Å²) in [7, 11) is 3.21. The smallest absolute Gasteiger partial charge is 0.230 e. The fourth-order valence-electron chi connectivity index (χ4n) is 3.66. The Labute approximate surface area is 219 Å². The number of benzene rings is 3. The van der Waals surface area contributed by atoms with Crippen molar-refractivity contribution < 1.29 is 14.3 Å². The van der Waals surface area contributed by atoms with Gasteiger partial charge in [-0.15, -0.1) is 10.2 Å². The number of aryl methyl sites for hydroxylation is 1. The van der Waals surface area contributed by atoms with Crippen LogP contribution in [0.15, 0.2) is 71.9 Å². The molecule has 0 atom stereocenters. The van der Waals surface area contributed by atoms with Crippen molar-refractivity contribution in [2.75, 3.05) is 26.5 Å². The Kier molecular flexibility index (Phi) is 8.51. The minimum Gasteiger partial charge on any atom is -0.493 e. The molecule has 7 nitrogen and oxygen atoms in total. The van der Waals surface area contributed by atoms with Gasteiger partial charge in [0.25, 0.3) is 0 Å². The number of carbonyl (C=O) groups is 1. The molecule has 3 aromatic carbocycles. The largest absolute Gasteiger partial charge is 0.493 e. The molecule has 1 aromatic heterocycles. The summed E-state index contributed by atoms with van der Waals surface area (Å²) < 4.78 is 12.5. The number of aromatic nitrogens is 3. The highest BCUT2D eigenvalue weighted by atomic mass is 35.5. The van der Waals surface area contributed by atoms with Crippen molar-refractivity contribution >= 4 is 29.3 Å². The molecule has 4 aromatic rings. The third-order valence-electron chi connectivity index (χ3n) is 5.53. The molecule has 0 aliphatic carbocycles. The number of hydrogen-bond donors (Lipinski definition) is 1. The van der Waals surface area contributed by atoms with Crippen LogP contribution in [0.25, 0.3) is 17.1 Å². The summed E-state index contributed by atoms with van der Waals surface area (Å²) in [5, 5.41) is 13.0. The van der Waals surface area contributed by atoms with Crippen molar-refractivity contribution in [1.29, 1.82) is 0 Å². The van der Waals surface area contributed by atoms with Crippen LogP contribution in [-0.4, -0.2) is 47.2 Å². The quantitative estimate of drug-likeness (QED) is 0.282. The van der Waals surface area contributed by atoms with Gasteiger partial charge < -0.3 is 14.8 Å². The Bertz CT molecular complexity index is 1340. The number of ether oxygens (including phenoxy) is 2. The Balaban J connectivity index is 1.44. The van der Waals surface area contributed by atoms with E-state index in [4.69, 9.17) is 21.1 Å². The molecule has 1 amide bonds. The van der Waals surface area contributed by atoms with Gasteiger partial charge in [-0.05, 0) is 49.2 Å². The van der Waals surface area contributed by atoms with Crippen LogP contribution in [-0.2, 0) is 11.2 Å². The van der Waals surface area contributed by atoms with E-state index in [1.165, 1.54) is 11.8 Å². The normalized spacial score (nSPS) is 10.8. The molecule has 0 saturated carbocycles. The lowest BCUT2D eigenvalue weighted by molar-refractivity contribution is -0.118. The van der Waals surface area contributed by atoms with Crippen LogP contribution in [0.4, 0.5) is 0 Å². The highest BCUT2D eigenvalue weighted by molar-refractivity contribution is 7.99. The van der Waals surface area contributed by atoms with Crippen LogP contribution >= 0.6 is 23.4 Å². The van der Waals surface area contributed by atoms with Gasteiger partial charge in [-0.25, -0.2) is 0 Å². The Morgan fingerprint density at radius 3 is 2.50 bits per heavy atom. The molecular formula is C27H27ClN4O3S. The van der Waals surface area contributed by atoms with Crippen LogP contribution in [0.5, 0.6) is 11.5 Å². The minimum absolute atomic E-state index is 0.0852. The lowest BCUT2D eigenvalue weighted by Gasteiger charge is -2.11. The number of methoxy groups -OCH3 is 2. The minimum atomic E-state index is -0.0852. The van der Waals surface area contributed by atoms with Gasteiger partial charge in [0.1, 0.15) is 0 Å². The van der Waals surface area contributed by atoms with E-state index in [-0.39, 0.29) is 11.7 Å². The Morgan fingerprint density at radius 1 is 1.00 bits per heavy atom. The van der Waals surface area contributed by atoms with Gasteiger partial charge in [-0.2, -0.15) is 0 Å². The van der Waals surface area contributed by atoms with Crippen molar-refractivity contribution in [3.05, 3.63) is 82.9 Å². The number of hydrogen-bond acceptors (Lipinski definition) is 6. The molecule has 0 aliphatic heterocycles. The van der Waals surface area contributed by atoms with Gasteiger partial charge in [-0.3, -0.25) is 9.36 Å². The lowest BCUT2D eigenvalue weighted by atomic mass is 10.1. The molecule has 0 bridgehead atoms. The summed E-state index contributed by atoms with van der Waals surface area (Å²) >= 11 is 7.59. The molecule has 0 fully saturated rings. The monoisotopic (exact) mass is 522 g/mol. The average molecular weight is 523 g/mol. The predicted octanol–water partition coefficient (Wildman–Crippen LogP) is 5.36. The van der Waals surface area contributed by atoms with Crippen LogP contribution in [0.1, 0.15) is 11.1 Å². The predicted molar refractivity (Wildman–Crippen MR) is 144 cm³/mol. The summed E-state index contributed by atoms with van der Waals surface area (Å²) in [5.74, 6) is 2.15. The Hall–Kier alpha value is -3.49. The van der Waals surface area contributed by atoms with Crippen molar-refractivity contribution in [2.45, 2.75) is 18.5 Å². The van der Waals surface area contributed by atoms with E-state index < -0.39 is 0 Å². The van der Waals surface area contributed by atoms with Crippen LogP contribution in [0.2, 0.25) is 5.02 Å². The first kappa shape index (κ1) is 25.6. The van der Waals surface area contributed by atoms with Crippen LogP contribution in [0, 0.1) is 6.92 Å². The molecule has 186 valence electrons. The number of nitrogens with zero attached hydrogens (tertiary/aromatic N) is 3. The molecule has 0 radical (unpaired) electrons. The topological polar surface area (TPSA) is 78.3 Å². The fourth-order valence-corrected chi connectivity index (χ4v) is 4.63. The third-order valence-corrected chi connectivity index (χ3v) is 6.69. The number of nitrogens with one attached hydrogen (secondary N) is 1. The first-order valence-corrected chi connectivity index (χ1v) is 12.7. The van der Waals surface area contributed by atoms with Gasteiger partial charge in [0.15, 0.2) is 22.5 Å². The lowest BCUT2D eigenvalue weighted by Crippen LogP contribution is -2.27.